The fraction of sp³-hybridized carbons (Fsp3) is 0.158. The van der Waals surface area contributed by atoms with Crippen LogP contribution in [0.3, 0.4) is 0 Å². The van der Waals surface area contributed by atoms with Gasteiger partial charge in [0.05, 0.1) is 31.8 Å². The van der Waals surface area contributed by atoms with E-state index in [9.17, 15) is 4.79 Å². The first-order valence-corrected chi connectivity index (χ1v) is 9.70. The first kappa shape index (κ1) is 19.2. The summed E-state index contributed by atoms with van der Waals surface area (Å²) in [6, 6.07) is 9.39. The second-order valence-electron chi connectivity index (χ2n) is 5.95. The first-order chi connectivity index (χ1) is 14.1. The number of thiophene rings is 1. The molecule has 0 aliphatic carbocycles. The van der Waals surface area contributed by atoms with Crippen molar-refractivity contribution in [2.75, 3.05) is 14.2 Å². The molecule has 0 atom stereocenters. The molecule has 8 nitrogen and oxygen atoms in total. The average molecular weight is 431 g/mol. The number of rotatable bonds is 5. The van der Waals surface area contributed by atoms with Crippen LogP contribution in [-0.4, -0.2) is 40.1 Å². The number of methoxy groups -OCH3 is 2. The van der Waals surface area contributed by atoms with Crippen LogP contribution >= 0.6 is 22.9 Å². The Bertz CT molecular complexity index is 1170. The van der Waals surface area contributed by atoms with E-state index in [0.717, 1.165) is 11.3 Å². The summed E-state index contributed by atoms with van der Waals surface area (Å²) in [5, 5.41) is 6.41. The number of benzene rings is 1. The minimum absolute atomic E-state index is 0.252. The zero-order valence-electron chi connectivity index (χ0n) is 15.5. The standard InChI is InChI=1S/C19H15ClN4O4S/c1-26-12-5-3-11(4-6-12)8-24-9-14-16(23-24)17(20)22-18(21-14)15-7-13(10-29-15)28-19(25)27-2/h3-7,9-10H,8H2,1-2H3. The highest BCUT2D eigenvalue weighted by molar-refractivity contribution is 7.13. The van der Waals surface area contributed by atoms with Crippen molar-refractivity contribution in [2.24, 2.45) is 0 Å². The number of carbonyl (C=O) groups is 1. The summed E-state index contributed by atoms with van der Waals surface area (Å²) in [5.74, 6) is 1.58. The quantitative estimate of drug-likeness (QED) is 0.342. The topological polar surface area (TPSA) is 88.4 Å². The van der Waals surface area contributed by atoms with Crippen LogP contribution in [0.15, 0.2) is 41.9 Å². The number of ether oxygens (including phenoxy) is 3. The van der Waals surface area contributed by atoms with Crippen LogP contribution in [0.4, 0.5) is 4.79 Å². The van der Waals surface area contributed by atoms with E-state index < -0.39 is 6.16 Å². The summed E-state index contributed by atoms with van der Waals surface area (Å²) in [7, 11) is 2.88. The molecule has 0 saturated carbocycles. The Morgan fingerprint density at radius 1 is 1.17 bits per heavy atom. The van der Waals surface area contributed by atoms with Gasteiger partial charge in [-0.1, -0.05) is 23.7 Å². The molecular formula is C19H15ClN4O4S. The minimum atomic E-state index is -0.788. The molecule has 3 heterocycles. The molecule has 10 heteroatoms. The van der Waals surface area contributed by atoms with Gasteiger partial charge < -0.3 is 14.2 Å². The predicted octanol–water partition coefficient (Wildman–Crippen LogP) is 4.41. The largest absolute Gasteiger partial charge is 0.513 e. The van der Waals surface area contributed by atoms with E-state index in [-0.39, 0.29) is 5.15 Å². The van der Waals surface area contributed by atoms with Gasteiger partial charge in [-0.3, -0.25) is 4.68 Å². The molecule has 0 bridgehead atoms. The summed E-state index contributed by atoms with van der Waals surface area (Å²) in [4.78, 5) is 20.8. The van der Waals surface area contributed by atoms with E-state index >= 15 is 0 Å². The van der Waals surface area contributed by atoms with Crippen LogP contribution in [0.2, 0.25) is 5.15 Å². The third kappa shape index (κ3) is 4.15. The molecule has 0 fully saturated rings. The Morgan fingerprint density at radius 3 is 2.69 bits per heavy atom. The number of hydrogen-bond donors (Lipinski definition) is 0. The second kappa shape index (κ2) is 8.06. The maximum atomic E-state index is 11.2. The highest BCUT2D eigenvalue weighted by Crippen LogP contribution is 2.31. The monoisotopic (exact) mass is 430 g/mol. The predicted molar refractivity (Wildman–Crippen MR) is 109 cm³/mol. The number of carbonyl (C=O) groups excluding carboxylic acids is 1. The van der Waals surface area contributed by atoms with E-state index in [1.54, 1.807) is 23.2 Å². The van der Waals surface area contributed by atoms with Crippen molar-refractivity contribution in [1.29, 1.82) is 0 Å². The van der Waals surface area contributed by atoms with Crippen LogP contribution in [0.1, 0.15) is 5.56 Å². The average Bonchev–Trinajstić information content (AvgIpc) is 3.35. The lowest BCUT2D eigenvalue weighted by atomic mass is 10.2. The molecule has 29 heavy (non-hydrogen) atoms. The molecule has 0 aliphatic rings. The zero-order chi connectivity index (χ0) is 20.4. The van der Waals surface area contributed by atoms with Gasteiger partial charge in [-0.25, -0.2) is 14.8 Å². The van der Waals surface area contributed by atoms with E-state index in [4.69, 9.17) is 21.1 Å². The van der Waals surface area contributed by atoms with Gasteiger partial charge >= 0.3 is 6.16 Å². The number of hydrogen-bond acceptors (Lipinski definition) is 8. The third-order valence-corrected chi connectivity index (χ3v) is 5.20. The minimum Gasteiger partial charge on any atom is -0.497 e. The summed E-state index contributed by atoms with van der Waals surface area (Å²) in [5.41, 5.74) is 2.20. The maximum absolute atomic E-state index is 11.2. The van der Waals surface area contributed by atoms with E-state index in [2.05, 4.69) is 19.8 Å². The summed E-state index contributed by atoms with van der Waals surface area (Å²) >= 11 is 7.67. The summed E-state index contributed by atoms with van der Waals surface area (Å²) < 4.78 is 16.4. The molecule has 1 aromatic carbocycles. The molecular weight excluding hydrogens is 416 g/mol. The summed E-state index contributed by atoms with van der Waals surface area (Å²) in [6.45, 7) is 0.558. The highest BCUT2D eigenvalue weighted by atomic mass is 35.5. The van der Waals surface area contributed by atoms with Crippen molar-refractivity contribution < 1.29 is 19.0 Å². The van der Waals surface area contributed by atoms with Crippen molar-refractivity contribution in [3.63, 3.8) is 0 Å². The number of nitrogens with zero attached hydrogens (tertiary/aromatic N) is 4. The first-order valence-electron chi connectivity index (χ1n) is 8.44. The molecule has 0 spiro atoms. The van der Waals surface area contributed by atoms with Gasteiger partial charge in [0.2, 0.25) is 0 Å². The normalized spacial score (nSPS) is 10.9. The van der Waals surface area contributed by atoms with E-state index in [1.807, 2.05) is 30.5 Å². The Labute approximate surface area is 174 Å². The van der Waals surface area contributed by atoms with Crippen LogP contribution in [0.25, 0.3) is 21.7 Å². The maximum Gasteiger partial charge on any atom is 0.513 e. The second-order valence-corrected chi connectivity index (χ2v) is 7.22. The molecule has 4 rings (SSSR count). The Balaban J connectivity index is 1.60. The molecule has 0 saturated heterocycles. The highest BCUT2D eigenvalue weighted by Gasteiger charge is 2.15. The van der Waals surface area contributed by atoms with Gasteiger partial charge in [0, 0.05) is 11.4 Å². The van der Waals surface area contributed by atoms with Crippen LogP contribution in [-0.2, 0) is 11.3 Å². The smallest absolute Gasteiger partial charge is 0.497 e. The van der Waals surface area contributed by atoms with Crippen LogP contribution in [0.5, 0.6) is 11.5 Å². The van der Waals surface area contributed by atoms with Gasteiger partial charge in [0.1, 0.15) is 22.5 Å². The van der Waals surface area contributed by atoms with Gasteiger partial charge in [-0.05, 0) is 17.7 Å². The Kier molecular flexibility index (Phi) is 5.32. The lowest BCUT2D eigenvalue weighted by molar-refractivity contribution is 0.121. The van der Waals surface area contributed by atoms with E-state index in [1.165, 1.54) is 18.4 Å². The molecule has 0 N–H and O–H groups in total. The fourth-order valence-corrected chi connectivity index (χ4v) is 3.62. The number of fused-ring (bicyclic) bond motifs is 1. The third-order valence-electron chi connectivity index (χ3n) is 4.04. The zero-order valence-corrected chi connectivity index (χ0v) is 17.0. The lowest BCUT2D eigenvalue weighted by Crippen LogP contribution is -2.06. The van der Waals surface area contributed by atoms with Gasteiger partial charge in [0.15, 0.2) is 11.0 Å². The van der Waals surface area contributed by atoms with E-state index in [0.29, 0.717) is 34.0 Å². The molecule has 0 unspecified atom stereocenters. The molecule has 4 aromatic rings. The van der Waals surface area contributed by atoms with Crippen molar-refractivity contribution in [1.82, 2.24) is 19.7 Å². The van der Waals surface area contributed by atoms with Crippen molar-refractivity contribution >= 4 is 40.1 Å². The molecule has 0 aliphatic heterocycles. The molecule has 148 valence electrons. The van der Waals surface area contributed by atoms with Crippen molar-refractivity contribution in [3.05, 3.63) is 52.6 Å². The Morgan fingerprint density at radius 2 is 1.97 bits per heavy atom. The molecule has 3 aromatic heterocycles. The lowest BCUT2D eigenvalue weighted by Gasteiger charge is -2.03. The Hall–Kier alpha value is -3.17. The number of halogens is 1. The van der Waals surface area contributed by atoms with Crippen LogP contribution in [0, 0.1) is 0 Å². The van der Waals surface area contributed by atoms with Crippen LogP contribution < -0.4 is 9.47 Å². The van der Waals surface area contributed by atoms with Gasteiger partial charge in [-0.2, -0.15) is 5.10 Å². The fourth-order valence-electron chi connectivity index (χ4n) is 2.66. The number of aromatic nitrogens is 4. The van der Waals surface area contributed by atoms with Gasteiger partial charge in [0.25, 0.3) is 0 Å². The van der Waals surface area contributed by atoms with Crippen molar-refractivity contribution in [2.45, 2.75) is 6.54 Å². The van der Waals surface area contributed by atoms with Gasteiger partial charge in [-0.15, -0.1) is 11.3 Å². The van der Waals surface area contributed by atoms with Crippen molar-refractivity contribution in [3.8, 4) is 22.2 Å². The molecule has 0 amide bonds. The SMILES string of the molecule is COC(=O)Oc1csc(-c2nc(Cl)c3nn(Cc4ccc(OC)cc4)cc3n2)c1. The molecule has 0 radical (unpaired) electrons. The summed E-state index contributed by atoms with van der Waals surface area (Å²) in [6.07, 6.45) is 1.03.